The molecule has 1 heterocycles. The van der Waals surface area contributed by atoms with Gasteiger partial charge in [-0.2, -0.15) is 0 Å². The van der Waals surface area contributed by atoms with Crippen molar-refractivity contribution in [2.24, 2.45) is 0 Å². The Labute approximate surface area is 108 Å². The Morgan fingerprint density at radius 2 is 2.06 bits per heavy atom. The van der Waals surface area contributed by atoms with E-state index in [9.17, 15) is 0 Å². The first-order chi connectivity index (χ1) is 8.27. The fraction of sp³-hybridized carbons (Fsp3) is 1.00. The number of nitrogens with zero attached hydrogens (tertiary/aromatic N) is 1. The van der Waals surface area contributed by atoms with Gasteiger partial charge in [-0.15, -0.1) is 0 Å². The van der Waals surface area contributed by atoms with Crippen molar-refractivity contribution in [1.82, 2.24) is 10.2 Å². The number of nitrogens with one attached hydrogen (secondary N) is 1. The summed E-state index contributed by atoms with van der Waals surface area (Å²) in [6.45, 7) is 10.8. The monoisotopic (exact) mass is 240 g/mol. The van der Waals surface area contributed by atoms with Gasteiger partial charge >= 0.3 is 0 Å². The molecular weight excluding hydrogens is 208 g/mol. The second-order valence-corrected chi connectivity index (χ2v) is 5.63. The minimum absolute atomic E-state index is 0.759. The van der Waals surface area contributed by atoms with E-state index in [1.807, 2.05) is 0 Å². The summed E-state index contributed by atoms with van der Waals surface area (Å²) in [6.07, 6.45) is 9.54. The van der Waals surface area contributed by atoms with Crippen LogP contribution < -0.4 is 5.32 Å². The van der Waals surface area contributed by atoms with Crippen LogP contribution in [-0.4, -0.2) is 36.6 Å². The maximum absolute atomic E-state index is 3.63. The third-order valence-electron chi connectivity index (χ3n) is 3.98. The standard InChI is InChI=1S/C15H32N2/c1-4-6-7-9-14(3)17(12-5-2)13-15-10-8-11-16-15/h14-16H,4-13H2,1-3H3. The molecule has 0 radical (unpaired) electrons. The lowest BCUT2D eigenvalue weighted by Crippen LogP contribution is -2.42. The van der Waals surface area contributed by atoms with Gasteiger partial charge in [-0.05, 0) is 45.7 Å². The van der Waals surface area contributed by atoms with Crippen LogP contribution in [0.3, 0.4) is 0 Å². The van der Waals surface area contributed by atoms with E-state index in [1.54, 1.807) is 0 Å². The lowest BCUT2D eigenvalue weighted by atomic mass is 10.1. The van der Waals surface area contributed by atoms with E-state index in [0.717, 1.165) is 12.1 Å². The first kappa shape index (κ1) is 15.0. The molecule has 2 heteroatoms. The molecule has 0 saturated carbocycles. The normalized spacial score (nSPS) is 22.2. The van der Waals surface area contributed by atoms with E-state index in [0.29, 0.717) is 0 Å². The highest BCUT2D eigenvalue weighted by atomic mass is 15.2. The molecule has 0 spiro atoms. The number of hydrogen-bond donors (Lipinski definition) is 1. The maximum atomic E-state index is 3.63. The average Bonchev–Trinajstić information content (AvgIpc) is 2.81. The number of unbranched alkanes of at least 4 members (excludes halogenated alkanes) is 2. The lowest BCUT2D eigenvalue weighted by Gasteiger charge is -2.31. The van der Waals surface area contributed by atoms with Crippen LogP contribution in [0.15, 0.2) is 0 Å². The zero-order valence-electron chi connectivity index (χ0n) is 12.2. The highest BCUT2D eigenvalue weighted by Gasteiger charge is 2.20. The van der Waals surface area contributed by atoms with E-state index >= 15 is 0 Å². The molecule has 0 aromatic carbocycles. The van der Waals surface area contributed by atoms with Gasteiger partial charge in [0.25, 0.3) is 0 Å². The van der Waals surface area contributed by atoms with Gasteiger partial charge in [0, 0.05) is 18.6 Å². The molecule has 0 bridgehead atoms. The molecule has 0 amide bonds. The second-order valence-electron chi connectivity index (χ2n) is 5.63. The van der Waals surface area contributed by atoms with Crippen molar-refractivity contribution < 1.29 is 0 Å². The highest BCUT2D eigenvalue weighted by molar-refractivity contribution is 4.80. The van der Waals surface area contributed by atoms with Crippen LogP contribution in [-0.2, 0) is 0 Å². The smallest absolute Gasteiger partial charge is 0.0195 e. The molecule has 1 aliphatic heterocycles. The maximum Gasteiger partial charge on any atom is 0.0195 e. The Bertz CT molecular complexity index is 176. The molecule has 1 rings (SSSR count). The summed E-state index contributed by atoms with van der Waals surface area (Å²) >= 11 is 0. The molecule has 1 fully saturated rings. The van der Waals surface area contributed by atoms with Gasteiger partial charge in [0.1, 0.15) is 0 Å². The fourth-order valence-corrected chi connectivity index (χ4v) is 2.85. The van der Waals surface area contributed by atoms with Gasteiger partial charge in [-0.1, -0.05) is 33.1 Å². The molecule has 102 valence electrons. The Kier molecular flexibility index (Phi) is 7.87. The van der Waals surface area contributed by atoms with E-state index in [1.165, 1.54) is 64.6 Å². The van der Waals surface area contributed by atoms with Crippen LogP contribution in [0.5, 0.6) is 0 Å². The molecule has 0 aromatic heterocycles. The Morgan fingerprint density at radius 3 is 2.65 bits per heavy atom. The molecule has 1 saturated heterocycles. The largest absolute Gasteiger partial charge is 0.313 e. The molecular formula is C15H32N2. The number of rotatable bonds is 9. The average molecular weight is 240 g/mol. The minimum atomic E-state index is 0.759. The Hall–Kier alpha value is -0.0800. The predicted molar refractivity (Wildman–Crippen MR) is 76.5 cm³/mol. The van der Waals surface area contributed by atoms with E-state index < -0.39 is 0 Å². The van der Waals surface area contributed by atoms with Crippen LogP contribution in [0.25, 0.3) is 0 Å². The Balaban J connectivity index is 2.28. The summed E-state index contributed by atoms with van der Waals surface area (Å²) in [4.78, 5) is 2.71. The summed E-state index contributed by atoms with van der Waals surface area (Å²) in [5.74, 6) is 0. The Morgan fingerprint density at radius 1 is 1.24 bits per heavy atom. The van der Waals surface area contributed by atoms with Crippen molar-refractivity contribution >= 4 is 0 Å². The van der Waals surface area contributed by atoms with E-state index in [4.69, 9.17) is 0 Å². The quantitative estimate of drug-likeness (QED) is 0.621. The topological polar surface area (TPSA) is 15.3 Å². The van der Waals surface area contributed by atoms with Crippen molar-refractivity contribution in [2.45, 2.75) is 77.8 Å². The van der Waals surface area contributed by atoms with Gasteiger partial charge < -0.3 is 5.32 Å². The molecule has 0 aliphatic carbocycles. The fourth-order valence-electron chi connectivity index (χ4n) is 2.85. The summed E-state index contributed by atoms with van der Waals surface area (Å²) < 4.78 is 0. The molecule has 2 atom stereocenters. The highest BCUT2D eigenvalue weighted by Crippen LogP contribution is 2.14. The van der Waals surface area contributed by atoms with Crippen molar-refractivity contribution in [3.05, 3.63) is 0 Å². The third-order valence-corrected chi connectivity index (χ3v) is 3.98. The molecule has 2 nitrogen and oxygen atoms in total. The summed E-state index contributed by atoms with van der Waals surface area (Å²) in [7, 11) is 0. The summed E-state index contributed by atoms with van der Waals surface area (Å²) in [5.41, 5.74) is 0. The van der Waals surface area contributed by atoms with Gasteiger partial charge in [0.2, 0.25) is 0 Å². The molecule has 1 N–H and O–H groups in total. The van der Waals surface area contributed by atoms with Gasteiger partial charge in [0.15, 0.2) is 0 Å². The van der Waals surface area contributed by atoms with Gasteiger partial charge in [0.05, 0.1) is 0 Å². The molecule has 17 heavy (non-hydrogen) atoms. The minimum Gasteiger partial charge on any atom is -0.313 e. The molecule has 0 aromatic rings. The van der Waals surface area contributed by atoms with Gasteiger partial charge in [-0.3, -0.25) is 4.90 Å². The third kappa shape index (κ3) is 5.87. The SMILES string of the molecule is CCCCCC(C)N(CCC)CC1CCCN1. The van der Waals surface area contributed by atoms with E-state index in [-0.39, 0.29) is 0 Å². The lowest BCUT2D eigenvalue weighted by molar-refractivity contribution is 0.180. The number of hydrogen-bond acceptors (Lipinski definition) is 2. The van der Waals surface area contributed by atoms with Crippen LogP contribution in [0.2, 0.25) is 0 Å². The van der Waals surface area contributed by atoms with Crippen molar-refractivity contribution in [1.29, 1.82) is 0 Å². The van der Waals surface area contributed by atoms with Crippen molar-refractivity contribution in [2.75, 3.05) is 19.6 Å². The second kappa shape index (κ2) is 8.93. The first-order valence-electron chi connectivity index (χ1n) is 7.75. The van der Waals surface area contributed by atoms with Crippen molar-refractivity contribution in [3.8, 4) is 0 Å². The summed E-state index contributed by atoms with van der Waals surface area (Å²) in [5, 5.41) is 3.63. The van der Waals surface area contributed by atoms with Crippen LogP contribution in [0.4, 0.5) is 0 Å². The van der Waals surface area contributed by atoms with E-state index in [2.05, 4.69) is 31.0 Å². The van der Waals surface area contributed by atoms with Crippen LogP contribution in [0.1, 0.15) is 65.7 Å². The first-order valence-corrected chi connectivity index (χ1v) is 7.75. The van der Waals surface area contributed by atoms with Crippen LogP contribution >= 0.6 is 0 Å². The predicted octanol–water partition coefficient (Wildman–Crippen LogP) is 3.42. The molecule has 2 unspecified atom stereocenters. The zero-order valence-corrected chi connectivity index (χ0v) is 12.2. The zero-order chi connectivity index (χ0) is 12.5. The van der Waals surface area contributed by atoms with Crippen molar-refractivity contribution in [3.63, 3.8) is 0 Å². The molecule has 1 aliphatic rings. The van der Waals surface area contributed by atoms with Crippen LogP contribution in [0, 0.1) is 0 Å². The summed E-state index contributed by atoms with van der Waals surface area (Å²) in [6, 6.07) is 1.53. The van der Waals surface area contributed by atoms with Gasteiger partial charge in [-0.25, -0.2) is 0 Å².